The van der Waals surface area contributed by atoms with Crippen molar-refractivity contribution in [2.24, 2.45) is 5.92 Å². The number of carboxylic acid groups (broad SMARTS) is 1. The topological polar surface area (TPSA) is 55.1 Å². The molecule has 1 aliphatic rings. The predicted molar refractivity (Wildman–Crippen MR) is 59.4 cm³/mol. The van der Waals surface area contributed by atoms with Gasteiger partial charge in [0.2, 0.25) is 0 Å². The standard InChI is InChI=1S/C10H14N2O2S/c1-6-2-3-12-7(4-6)9(10(13)14)11-8(12)5-15/h6,15H,2-5H2,1H3,(H,13,14). The smallest absolute Gasteiger partial charge is 0.356 e. The highest BCUT2D eigenvalue weighted by Gasteiger charge is 2.25. The molecule has 0 radical (unpaired) electrons. The second kappa shape index (κ2) is 3.89. The van der Waals surface area contributed by atoms with E-state index in [9.17, 15) is 4.79 Å². The molecule has 0 bridgehead atoms. The van der Waals surface area contributed by atoms with E-state index in [-0.39, 0.29) is 5.69 Å². The number of aromatic nitrogens is 2. The lowest BCUT2D eigenvalue weighted by Gasteiger charge is -2.21. The van der Waals surface area contributed by atoms with Gasteiger partial charge in [0.25, 0.3) is 0 Å². The number of aromatic carboxylic acids is 1. The Kier molecular flexibility index (Phi) is 2.73. The third-order valence-electron chi connectivity index (χ3n) is 2.88. The van der Waals surface area contributed by atoms with Crippen LogP contribution < -0.4 is 0 Å². The van der Waals surface area contributed by atoms with E-state index in [4.69, 9.17) is 5.11 Å². The Morgan fingerprint density at radius 3 is 3.07 bits per heavy atom. The summed E-state index contributed by atoms with van der Waals surface area (Å²) in [6.45, 7) is 3.01. The van der Waals surface area contributed by atoms with Gasteiger partial charge in [0.15, 0.2) is 5.69 Å². The lowest BCUT2D eigenvalue weighted by molar-refractivity contribution is 0.0689. The zero-order valence-corrected chi connectivity index (χ0v) is 9.50. The summed E-state index contributed by atoms with van der Waals surface area (Å²) < 4.78 is 2.01. The van der Waals surface area contributed by atoms with Gasteiger partial charge in [-0.2, -0.15) is 12.6 Å². The highest BCUT2D eigenvalue weighted by Crippen LogP contribution is 2.25. The van der Waals surface area contributed by atoms with E-state index < -0.39 is 5.97 Å². The lowest BCUT2D eigenvalue weighted by atomic mass is 9.97. The number of thiol groups is 1. The van der Waals surface area contributed by atoms with Crippen LogP contribution in [0.25, 0.3) is 0 Å². The number of carbonyl (C=O) groups is 1. The van der Waals surface area contributed by atoms with Crippen molar-refractivity contribution in [1.82, 2.24) is 9.55 Å². The van der Waals surface area contributed by atoms with Crippen molar-refractivity contribution >= 4 is 18.6 Å². The summed E-state index contributed by atoms with van der Waals surface area (Å²) in [6, 6.07) is 0. The molecule has 1 aliphatic heterocycles. The molecule has 0 spiro atoms. The largest absolute Gasteiger partial charge is 0.476 e. The van der Waals surface area contributed by atoms with Gasteiger partial charge in [-0.1, -0.05) is 6.92 Å². The Morgan fingerprint density at radius 2 is 2.47 bits per heavy atom. The van der Waals surface area contributed by atoms with Gasteiger partial charge in [-0.25, -0.2) is 9.78 Å². The van der Waals surface area contributed by atoms with Crippen molar-refractivity contribution in [3.05, 3.63) is 17.2 Å². The third-order valence-corrected chi connectivity index (χ3v) is 3.17. The fourth-order valence-electron chi connectivity index (χ4n) is 2.08. The van der Waals surface area contributed by atoms with E-state index in [2.05, 4.69) is 24.5 Å². The number of hydrogen-bond donors (Lipinski definition) is 2. The van der Waals surface area contributed by atoms with Crippen LogP contribution in [0.5, 0.6) is 0 Å². The predicted octanol–water partition coefficient (Wildman–Crippen LogP) is 1.59. The summed E-state index contributed by atoms with van der Waals surface area (Å²) >= 11 is 4.17. The van der Waals surface area contributed by atoms with Crippen LogP contribution in [0, 0.1) is 5.92 Å². The van der Waals surface area contributed by atoms with Crippen LogP contribution in [0.3, 0.4) is 0 Å². The summed E-state index contributed by atoms with van der Waals surface area (Å²) in [5.41, 5.74) is 1.08. The average Bonchev–Trinajstić information content (AvgIpc) is 2.55. The first-order valence-electron chi connectivity index (χ1n) is 5.06. The van der Waals surface area contributed by atoms with Crippen molar-refractivity contribution in [3.8, 4) is 0 Å². The molecular formula is C10H14N2O2S. The van der Waals surface area contributed by atoms with Crippen LogP contribution in [0.1, 0.15) is 35.4 Å². The summed E-state index contributed by atoms with van der Waals surface area (Å²) in [4.78, 5) is 15.1. The first-order chi connectivity index (χ1) is 7.13. The molecule has 1 N–H and O–H groups in total. The van der Waals surface area contributed by atoms with E-state index >= 15 is 0 Å². The Hall–Kier alpha value is -0.970. The molecule has 0 amide bonds. The van der Waals surface area contributed by atoms with Gasteiger partial charge in [0.05, 0.1) is 5.69 Å². The molecule has 4 nitrogen and oxygen atoms in total. The fraction of sp³-hybridized carbons (Fsp3) is 0.600. The van der Waals surface area contributed by atoms with E-state index in [0.717, 1.165) is 30.9 Å². The molecule has 0 saturated carbocycles. The molecule has 0 saturated heterocycles. The van der Waals surface area contributed by atoms with Crippen molar-refractivity contribution < 1.29 is 9.90 Å². The first kappa shape index (κ1) is 10.5. The van der Waals surface area contributed by atoms with Crippen molar-refractivity contribution in [2.45, 2.75) is 32.1 Å². The highest BCUT2D eigenvalue weighted by molar-refractivity contribution is 7.79. The average molecular weight is 226 g/mol. The minimum atomic E-state index is -0.930. The molecule has 5 heteroatoms. The lowest BCUT2D eigenvalue weighted by Crippen LogP contribution is -2.19. The zero-order chi connectivity index (χ0) is 11.0. The molecular weight excluding hydrogens is 212 g/mol. The van der Waals surface area contributed by atoms with E-state index in [1.807, 2.05) is 4.57 Å². The van der Waals surface area contributed by atoms with Crippen LogP contribution in [0.2, 0.25) is 0 Å². The fourth-order valence-corrected chi connectivity index (χ4v) is 2.32. The normalized spacial score (nSPS) is 20.0. The van der Waals surface area contributed by atoms with Crippen LogP contribution in [-0.2, 0) is 18.7 Å². The molecule has 1 unspecified atom stereocenters. The Labute approximate surface area is 93.7 Å². The van der Waals surface area contributed by atoms with E-state index in [1.54, 1.807) is 0 Å². The maximum atomic E-state index is 11.0. The quantitative estimate of drug-likeness (QED) is 0.753. The number of fused-ring (bicyclic) bond motifs is 1. The molecule has 15 heavy (non-hydrogen) atoms. The first-order valence-corrected chi connectivity index (χ1v) is 5.69. The van der Waals surface area contributed by atoms with Crippen LogP contribution in [-0.4, -0.2) is 20.6 Å². The summed E-state index contributed by atoms with van der Waals surface area (Å²) in [7, 11) is 0. The summed E-state index contributed by atoms with van der Waals surface area (Å²) in [6.07, 6.45) is 1.89. The summed E-state index contributed by atoms with van der Waals surface area (Å²) in [5, 5.41) is 9.04. The van der Waals surface area contributed by atoms with E-state index in [1.165, 1.54) is 0 Å². The molecule has 2 heterocycles. The molecule has 1 atom stereocenters. The SMILES string of the molecule is CC1CCn2c(CS)nc(C(=O)O)c2C1. The molecule has 2 rings (SSSR count). The number of carboxylic acids is 1. The van der Waals surface area contributed by atoms with Gasteiger partial charge in [0.1, 0.15) is 5.82 Å². The molecule has 0 aliphatic carbocycles. The minimum absolute atomic E-state index is 0.214. The van der Waals surface area contributed by atoms with Gasteiger partial charge in [-0.15, -0.1) is 0 Å². The van der Waals surface area contributed by atoms with Gasteiger partial charge in [-0.3, -0.25) is 0 Å². The second-order valence-corrected chi connectivity index (χ2v) is 4.35. The van der Waals surface area contributed by atoms with Crippen LogP contribution in [0.4, 0.5) is 0 Å². The Balaban J connectivity index is 2.50. The maximum absolute atomic E-state index is 11.0. The molecule has 0 fully saturated rings. The van der Waals surface area contributed by atoms with Gasteiger partial charge >= 0.3 is 5.97 Å². The summed E-state index contributed by atoms with van der Waals surface area (Å²) in [5.74, 6) is 0.882. The van der Waals surface area contributed by atoms with Gasteiger partial charge in [-0.05, 0) is 18.8 Å². The number of nitrogens with zero attached hydrogens (tertiary/aromatic N) is 2. The number of imidazole rings is 1. The van der Waals surface area contributed by atoms with Crippen molar-refractivity contribution in [1.29, 1.82) is 0 Å². The Morgan fingerprint density at radius 1 is 1.73 bits per heavy atom. The molecule has 1 aromatic heterocycles. The monoisotopic (exact) mass is 226 g/mol. The van der Waals surface area contributed by atoms with Crippen molar-refractivity contribution in [2.75, 3.05) is 0 Å². The third kappa shape index (κ3) is 1.76. The maximum Gasteiger partial charge on any atom is 0.356 e. The molecule has 0 aromatic carbocycles. The minimum Gasteiger partial charge on any atom is -0.476 e. The Bertz CT molecular complexity index is 400. The van der Waals surface area contributed by atoms with Gasteiger partial charge in [0, 0.05) is 12.3 Å². The van der Waals surface area contributed by atoms with Crippen molar-refractivity contribution in [3.63, 3.8) is 0 Å². The molecule has 82 valence electrons. The van der Waals surface area contributed by atoms with Crippen LogP contribution >= 0.6 is 12.6 Å². The van der Waals surface area contributed by atoms with E-state index in [0.29, 0.717) is 11.7 Å². The zero-order valence-electron chi connectivity index (χ0n) is 8.60. The number of rotatable bonds is 2. The van der Waals surface area contributed by atoms with Crippen LogP contribution in [0.15, 0.2) is 0 Å². The second-order valence-electron chi connectivity index (χ2n) is 4.04. The molecule has 1 aromatic rings. The highest BCUT2D eigenvalue weighted by atomic mass is 32.1. The number of hydrogen-bond acceptors (Lipinski definition) is 3. The van der Waals surface area contributed by atoms with Gasteiger partial charge < -0.3 is 9.67 Å².